The van der Waals surface area contributed by atoms with Crippen molar-refractivity contribution in [3.05, 3.63) is 65.2 Å². The zero-order valence-corrected chi connectivity index (χ0v) is 19.9. The molecule has 0 spiro atoms. The Hall–Kier alpha value is -2.22. The lowest BCUT2D eigenvalue weighted by Crippen LogP contribution is -2.48. The van der Waals surface area contributed by atoms with Crippen LogP contribution in [-0.4, -0.2) is 67.7 Å². The molecule has 2 fully saturated rings. The molecule has 0 aromatic heterocycles. The predicted molar refractivity (Wildman–Crippen MR) is 126 cm³/mol. The van der Waals surface area contributed by atoms with Gasteiger partial charge < -0.3 is 4.90 Å². The molecule has 4 rings (SSSR count). The largest absolute Gasteiger partial charge is 0.339 e. The third-order valence-corrected chi connectivity index (χ3v) is 8.58. The van der Waals surface area contributed by atoms with Crippen molar-refractivity contribution >= 4 is 15.9 Å². The molecule has 2 heterocycles. The Labute approximate surface area is 191 Å². The monoisotopic (exact) mass is 455 g/mol. The van der Waals surface area contributed by atoms with Gasteiger partial charge in [-0.15, -0.1) is 0 Å². The minimum absolute atomic E-state index is 0.123. The van der Waals surface area contributed by atoms with Crippen LogP contribution >= 0.6 is 0 Å². The summed E-state index contributed by atoms with van der Waals surface area (Å²) in [5.74, 6) is 0.826. The normalized spacial score (nSPS) is 19.2. The fourth-order valence-electron chi connectivity index (χ4n) is 4.39. The summed E-state index contributed by atoms with van der Waals surface area (Å²) in [6.07, 6.45) is 2.16. The molecule has 2 aromatic carbocycles. The van der Waals surface area contributed by atoms with Gasteiger partial charge >= 0.3 is 0 Å². The molecular weight excluding hydrogens is 422 g/mol. The van der Waals surface area contributed by atoms with E-state index in [1.165, 1.54) is 0 Å². The number of piperazine rings is 1. The van der Waals surface area contributed by atoms with Crippen LogP contribution in [0, 0.1) is 12.8 Å². The number of piperidine rings is 1. The molecule has 172 valence electrons. The second-order valence-electron chi connectivity index (χ2n) is 9.16. The highest BCUT2D eigenvalue weighted by atomic mass is 32.2. The number of sulfonamides is 1. The van der Waals surface area contributed by atoms with E-state index in [1.807, 2.05) is 48.2 Å². The van der Waals surface area contributed by atoms with Gasteiger partial charge in [0.1, 0.15) is 0 Å². The summed E-state index contributed by atoms with van der Waals surface area (Å²) in [6.45, 7) is 9.00. The van der Waals surface area contributed by atoms with E-state index in [9.17, 15) is 13.2 Å². The van der Waals surface area contributed by atoms with Crippen LogP contribution in [0.15, 0.2) is 53.4 Å². The maximum atomic E-state index is 12.9. The highest BCUT2D eigenvalue weighted by Crippen LogP contribution is 2.21. The van der Waals surface area contributed by atoms with E-state index in [4.69, 9.17) is 0 Å². The van der Waals surface area contributed by atoms with E-state index in [1.54, 1.807) is 16.4 Å². The minimum Gasteiger partial charge on any atom is -0.339 e. The van der Waals surface area contributed by atoms with Crippen molar-refractivity contribution in [1.82, 2.24) is 14.1 Å². The van der Waals surface area contributed by atoms with E-state index in [0.29, 0.717) is 37.0 Å². The Balaban J connectivity index is 1.30. The number of nitrogens with zero attached hydrogens (tertiary/aromatic N) is 3. The molecule has 2 aromatic rings. The second-order valence-corrected chi connectivity index (χ2v) is 11.1. The van der Waals surface area contributed by atoms with E-state index < -0.39 is 10.0 Å². The minimum atomic E-state index is -3.44. The summed E-state index contributed by atoms with van der Waals surface area (Å²) < 4.78 is 27.3. The first-order valence-corrected chi connectivity index (χ1v) is 12.9. The van der Waals surface area contributed by atoms with E-state index in [-0.39, 0.29) is 5.91 Å². The smallest absolute Gasteiger partial charge is 0.253 e. The number of hydrogen-bond acceptors (Lipinski definition) is 4. The van der Waals surface area contributed by atoms with Crippen LogP contribution in [0.1, 0.15) is 41.3 Å². The Kier molecular flexibility index (Phi) is 6.98. The molecule has 0 saturated carbocycles. The van der Waals surface area contributed by atoms with Crippen molar-refractivity contribution in [2.24, 2.45) is 5.92 Å². The molecule has 2 aliphatic heterocycles. The number of rotatable bonds is 5. The lowest BCUT2D eigenvalue weighted by Gasteiger charge is -2.34. The number of likely N-dealkylation sites (tertiary alicyclic amines) is 1. The van der Waals surface area contributed by atoms with Crippen molar-refractivity contribution < 1.29 is 13.2 Å². The number of carbonyl (C=O) groups excluding carboxylic acids is 1. The number of carbonyl (C=O) groups is 1. The third-order valence-electron chi connectivity index (χ3n) is 6.67. The van der Waals surface area contributed by atoms with Crippen molar-refractivity contribution in [2.75, 3.05) is 39.3 Å². The van der Waals surface area contributed by atoms with Crippen molar-refractivity contribution in [2.45, 2.75) is 38.1 Å². The zero-order valence-electron chi connectivity index (χ0n) is 19.0. The highest BCUT2D eigenvalue weighted by molar-refractivity contribution is 7.89. The van der Waals surface area contributed by atoms with Crippen LogP contribution in [-0.2, 0) is 16.6 Å². The Morgan fingerprint density at radius 2 is 1.47 bits per heavy atom. The first kappa shape index (κ1) is 23.0. The molecule has 0 unspecified atom stereocenters. The molecule has 0 atom stereocenters. The summed E-state index contributed by atoms with van der Waals surface area (Å²) in [6, 6.07) is 14.9. The maximum Gasteiger partial charge on any atom is 0.253 e. The number of aryl methyl sites for hydroxylation is 1. The molecule has 32 heavy (non-hydrogen) atoms. The summed E-state index contributed by atoms with van der Waals surface area (Å²) >= 11 is 0. The van der Waals surface area contributed by atoms with Gasteiger partial charge in [0.05, 0.1) is 4.90 Å². The molecule has 7 heteroatoms. The van der Waals surface area contributed by atoms with Gasteiger partial charge in [-0.05, 0) is 55.5 Å². The second kappa shape index (κ2) is 9.73. The summed E-state index contributed by atoms with van der Waals surface area (Å²) in [4.78, 5) is 17.3. The fraction of sp³-hybridized carbons (Fsp3) is 0.480. The van der Waals surface area contributed by atoms with Crippen LogP contribution in [0.5, 0.6) is 0 Å². The standard InChI is InChI=1S/C25H33N3O3S/c1-20-3-9-24(10-4-20)32(30,31)28-17-15-26(16-18-28)19-22-5-7-23(8-6-22)25(29)27-13-11-21(2)12-14-27/h3-10,21H,11-19H2,1-2H3. The van der Waals surface area contributed by atoms with Crippen LogP contribution < -0.4 is 0 Å². The maximum absolute atomic E-state index is 12.9. The summed E-state index contributed by atoms with van der Waals surface area (Å²) in [5.41, 5.74) is 2.94. The van der Waals surface area contributed by atoms with Crippen LogP contribution in [0.25, 0.3) is 0 Å². The van der Waals surface area contributed by atoms with Gasteiger partial charge in [-0.2, -0.15) is 4.31 Å². The van der Waals surface area contributed by atoms with Crippen molar-refractivity contribution in [3.8, 4) is 0 Å². The van der Waals surface area contributed by atoms with E-state index in [2.05, 4.69) is 11.8 Å². The number of amides is 1. The Morgan fingerprint density at radius 3 is 2.06 bits per heavy atom. The summed E-state index contributed by atoms with van der Waals surface area (Å²) in [5, 5.41) is 0. The Morgan fingerprint density at radius 1 is 0.875 bits per heavy atom. The third kappa shape index (κ3) is 5.22. The zero-order chi connectivity index (χ0) is 22.7. The van der Waals surface area contributed by atoms with Crippen LogP contribution in [0.2, 0.25) is 0 Å². The first-order chi connectivity index (χ1) is 15.3. The van der Waals surface area contributed by atoms with Gasteiger partial charge in [-0.25, -0.2) is 8.42 Å². The molecule has 2 aliphatic rings. The quantitative estimate of drug-likeness (QED) is 0.694. The van der Waals surface area contributed by atoms with Gasteiger partial charge in [0.2, 0.25) is 10.0 Å². The van der Waals surface area contributed by atoms with Gasteiger partial charge in [0.25, 0.3) is 5.91 Å². The molecule has 0 aliphatic carbocycles. The van der Waals surface area contributed by atoms with Crippen molar-refractivity contribution in [1.29, 1.82) is 0 Å². The van der Waals surface area contributed by atoms with Gasteiger partial charge in [-0.1, -0.05) is 36.8 Å². The molecule has 2 saturated heterocycles. The lowest BCUT2D eigenvalue weighted by molar-refractivity contribution is 0.0697. The average molecular weight is 456 g/mol. The number of hydrogen-bond donors (Lipinski definition) is 0. The molecule has 0 N–H and O–H groups in total. The molecule has 0 bridgehead atoms. The fourth-order valence-corrected chi connectivity index (χ4v) is 5.81. The van der Waals surface area contributed by atoms with Crippen molar-refractivity contribution in [3.63, 3.8) is 0 Å². The molecular formula is C25H33N3O3S. The highest BCUT2D eigenvalue weighted by Gasteiger charge is 2.28. The SMILES string of the molecule is Cc1ccc(S(=O)(=O)N2CCN(Cc3ccc(C(=O)N4CCC(C)CC4)cc3)CC2)cc1. The Bertz CT molecular complexity index is 1020. The molecule has 1 amide bonds. The lowest BCUT2D eigenvalue weighted by atomic mass is 9.98. The number of benzene rings is 2. The van der Waals surface area contributed by atoms with Gasteiger partial charge in [0, 0.05) is 51.4 Å². The van der Waals surface area contributed by atoms with Gasteiger partial charge in [-0.3, -0.25) is 9.69 Å². The summed E-state index contributed by atoms with van der Waals surface area (Å²) in [7, 11) is -3.44. The molecule has 0 radical (unpaired) electrons. The van der Waals surface area contributed by atoms with Crippen LogP contribution in [0.3, 0.4) is 0 Å². The van der Waals surface area contributed by atoms with Crippen LogP contribution in [0.4, 0.5) is 0 Å². The van der Waals surface area contributed by atoms with Gasteiger partial charge in [0.15, 0.2) is 0 Å². The predicted octanol–water partition coefficient (Wildman–Crippen LogP) is 3.37. The first-order valence-electron chi connectivity index (χ1n) is 11.5. The van der Waals surface area contributed by atoms with E-state index in [0.717, 1.165) is 49.2 Å². The topological polar surface area (TPSA) is 60.9 Å². The average Bonchev–Trinajstić information content (AvgIpc) is 2.80. The molecule has 6 nitrogen and oxygen atoms in total. The van der Waals surface area contributed by atoms with E-state index >= 15 is 0 Å².